The topological polar surface area (TPSA) is 98.2 Å². The Bertz CT molecular complexity index is 183. The van der Waals surface area contributed by atoms with E-state index in [4.69, 9.17) is 11.5 Å². The molecule has 5 heteroatoms. The van der Waals surface area contributed by atoms with Crippen LogP contribution in [-0.2, 0) is 9.59 Å². The van der Waals surface area contributed by atoms with Gasteiger partial charge in [0.2, 0.25) is 5.91 Å². The quantitative estimate of drug-likeness (QED) is 0.369. The number of aldehydes is 1. The molecule has 0 bridgehead atoms. The molecule has 0 aromatic heterocycles. The van der Waals surface area contributed by atoms with Gasteiger partial charge in [-0.05, 0) is 32.7 Å². The van der Waals surface area contributed by atoms with Crippen molar-refractivity contribution in [2.45, 2.75) is 38.3 Å². The maximum atomic E-state index is 11.1. The van der Waals surface area contributed by atoms with Crippen molar-refractivity contribution in [1.82, 2.24) is 5.32 Å². The Kier molecular flexibility index (Phi) is 6.96. The van der Waals surface area contributed by atoms with E-state index in [0.29, 0.717) is 13.0 Å². The van der Waals surface area contributed by atoms with Crippen LogP contribution < -0.4 is 16.8 Å². The molecular formula is C9H19N3O2. The summed E-state index contributed by atoms with van der Waals surface area (Å²) in [7, 11) is 0. The maximum absolute atomic E-state index is 11.1. The van der Waals surface area contributed by atoms with E-state index in [-0.39, 0.29) is 5.91 Å². The molecule has 0 radical (unpaired) electrons. The van der Waals surface area contributed by atoms with Crippen molar-refractivity contribution in [2.75, 3.05) is 6.54 Å². The van der Waals surface area contributed by atoms with Crippen LogP contribution in [0.25, 0.3) is 0 Å². The Morgan fingerprint density at radius 2 is 2.14 bits per heavy atom. The van der Waals surface area contributed by atoms with Crippen LogP contribution in [0.15, 0.2) is 0 Å². The zero-order chi connectivity index (χ0) is 11.0. The van der Waals surface area contributed by atoms with E-state index >= 15 is 0 Å². The molecule has 1 amide bonds. The molecule has 0 heterocycles. The second-order valence-electron chi connectivity index (χ2n) is 3.32. The highest BCUT2D eigenvalue weighted by molar-refractivity contribution is 5.83. The fourth-order valence-electron chi connectivity index (χ4n) is 0.997. The standard InChI is InChI=1S/C9H19N3O2/c1-7(11)9(14)12-8(6-13)4-2-3-5-10/h6-8H,2-5,10-11H2,1H3,(H,12,14). The zero-order valence-electron chi connectivity index (χ0n) is 8.53. The largest absolute Gasteiger partial charge is 0.345 e. The Hall–Kier alpha value is -0.940. The van der Waals surface area contributed by atoms with Gasteiger partial charge in [0.25, 0.3) is 0 Å². The molecule has 2 unspecified atom stereocenters. The number of hydrogen-bond acceptors (Lipinski definition) is 4. The van der Waals surface area contributed by atoms with E-state index in [2.05, 4.69) is 5.32 Å². The number of carbonyl (C=O) groups is 2. The van der Waals surface area contributed by atoms with E-state index in [0.717, 1.165) is 19.1 Å². The number of carbonyl (C=O) groups excluding carboxylic acids is 2. The molecule has 5 N–H and O–H groups in total. The monoisotopic (exact) mass is 201 g/mol. The molecule has 14 heavy (non-hydrogen) atoms. The van der Waals surface area contributed by atoms with Crippen LogP contribution in [-0.4, -0.2) is 30.8 Å². The smallest absolute Gasteiger partial charge is 0.237 e. The predicted molar refractivity (Wildman–Crippen MR) is 54.5 cm³/mol. The molecule has 0 aliphatic carbocycles. The van der Waals surface area contributed by atoms with Gasteiger partial charge in [0, 0.05) is 0 Å². The lowest BCUT2D eigenvalue weighted by atomic mass is 10.1. The Morgan fingerprint density at radius 3 is 2.57 bits per heavy atom. The highest BCUT2D eigenvalue weighted by Crippen LogP contribution is 1.98. The summed E-state index contributed by atoms with van der Waals surface area (Å²) in [5.74, 6) is -0.296. The third-order valence-electron chi connectivity index (χ3n) is 1.87. The summed E-state index contributed by atoms with van der Waals surface area (Å²) in [4.78, 5) is 21.7. The van der Waals surface area contributed by atoms with Crippen LogP contribution in [0.3, 0.4) is 0 Å². The number of nitrogens with two attached hydrogens (primary N) is 2. The second kappa shape index (κ2) is 7.46. The van der Waals surface area contributed by atoms with Gasteiger partial charge in [-0.1, -0.05) is 0 Å². The minimum atomic E-state index is -0.577. The molecule has 2 atom stereocenters. The van der Waals surface area contributed by atoms with Gasteiger partial charge in [-0.2, -0.15) is 0 Å². The van der Waals surface area contributed by atoms with Gasteiger partial charge in [0.15, 0.2) is 0 Å². The summed E-state index contributed by atoms with van der Waals surface area (Å²) in [6, 6.07) is -1.01. The minimum absolute atomic E-state index is 0.296. The van der Waals surface area contributed by atoms with Crippen LogP contribution in [0.4, 0.5) is 0 Å². The first-order chi connectivity index (χ1) is 6.61. The van der Waals surface area contributed by atoms with Gasteiger partial charge in [0.05, 0.1) is 12.1 Å². The summed E-state index contributed by atoms with van der Waals surface area (Å²) in [5.41, 5.74) is 10.7. The lowest BCUT2D eigenvalue weighted by Crippen LogP contribution is -2.44. The summed E-state index contributed by atoms with van der Waals surface area (Å²) in [6.45, 7) is 2.18. The summed E-state index contributed by atoms with van der Waals surface area (Å²) >= 11 is 0. The van der Waals surface area contributed by atoms with Crippen molar-refractivity contribution in [3.63, 3.8) is 0 Å². The second-order valence-corrected chi connectivity index (χ2v) is 3.32. The summed E-state index contributed by atoms with van der Waals surface area (Å²) < 4.78 is 0. The first kappa shape index (κ1) is 13.1. The number of rotatable bonds is 7. The minimum Gasteiger partial charge on any atom is -0.345 e. The van der Waals surface area contributed by atoms with Gasteiger partial charge >= 0.3 is 0 Å². The molecule has 82 valence electrons. The van der Waals surface area contributed by atoms with Crippen LogP contribution >= 0.6 is 0 Å². The van der Waals surface area contributed by atoms with Crippen molar-refractivity contribution in [3.05, 3.63) is 0 Å². The molecule has 0 fully saturated rings. The molecule has 0 aromatic carbocycles. The Morgan fingerprint density at radius 1 is 1.50 bits per heavy atom. The maximum Gasteiger partial charge on any atom is 0.237 e. The van der Waals surface area contributed by atoms with E-state index in [1.165, 1.54) is 0 Å². The molecule has 0 aliphatic heterocycles. The molecular weight excluding hydrogens is 182 g/mol. The average molecular weight is 201 g/mol. The van der Waals surface area contributed by atoms with Crippen LogP contribution in [0, 0.1) is 0 Å². The Balaban J connectivity index is 3.78. The molecule has 5 nitrogen and oxygen atoms in total. The fourth-order valence-corrected chi connectivity index (χ4v) is 0.997. The first-order valence-corrected chi connectivity index (χ1v) is 4.83. The normalized spacial score (nSPS) is 14.5. The van der Waals surface area contributed by atoms with Gasteiger partial charge in [-0.15, -0.1) is 0 Å². The SMILES string of the molecule is CC(N)C(=O)NC(C=O)CCCCN. The third-order valence-corrected chi connectivity index (χ3v) is 1.87. The van der Waals surface area contributed by atoms with E-state index < -0.39 is 12.1 Å². The van der Waals surface area contributed by atoms with Crippen LogP contribution in [0.2, 0.25) is 0 Å². The van der Waals surface area contributed by atoms with Gasteiger partial charge in [0.1, 0.15) is 6.29 Å². The van der Waals surface area contributed by atoms with Gasteiger partial charge < -0.3 is 21.6 Å². The van der Waals surface area contributed by atoms with Crippen molar-refractivity contribution >= 4 is 12.2 Å². The van der Waals surface area contributed by atoms with Crippen molar-refractivity contribution < 1.29 is 9.59 Å². The zero-order valence-corrected chi connectivity index (χ0v) is 8.53. The average Bonchev–Trinajstić information content (AvgIpc) is 2.16. The van der Waals surface area contributed by atoms with E-state index in [1.807, 2.05) is 0 Å². The fraction of sp³-hybridized carbons (Fsp3) is 0.778. The number of nitrogens with one attached hydrogen (secondary N) is 1. The number of hydrogen-bond donors (Lipinski definition) is 3. The van der Waals surface area contributed by atoms with Gasteiger partial charge in [-0.3, -0.25) is 4.79 Å². The van der Waals surface area contributed by atoms with Crippen molar-refractivity contribution in [2.24, 2.45) is 11.5 Å². The molecule has 0 aromatic rings. The predicted octanol–water partition coefficient (Wildman–Crippen LogP) is -0.854. The molecule has 0 rings (SSSR count). The van der Waals surface area contributed by atoms with Crippen LogP contribution in [0.1, 0.15) is 26.2 Å². The molecule has 0 spiro atoms. The van der Waals surface area contributed by atoms with Crippen molar-refractivity contribution in [1.29, 1.82) is 0 Å². The van der Waals surface area contributed by atoms with E-state index in [1.54, 1.807) is 6.92 Å². The number of amides is 1. The molecule has 0 aliphatic rings. The Labute approximate surface area is 84.2 Å². The summed E-state index contributed by atoms with van der Waals surface area (Å²) in [5, 5.41) is 2.55. The molecule has 0 saturated carbocycles. The first-order valence-electron chi connectivity index (χ1n) is 4.83. The van der Waals surface area contributed by atoms with Crippen LogP contribution in [0.5, 0.6) is 0 Å². The summed E-state index contributed by atoms with van der Waals surface area (Å²) in [6.07, 6.45) is 3.05. The molecule has 0 saturated heterocycles. The van der Waals surface area contributed by atoms with E-state index in [9.17, 15) is 9.59 Å². The van der Waals surface area contributed by atoms with Gasteiger partial charge in [-0.25, -0.2) is 0 Å². The number of unbranched alkanes of at least 4 members (excludes halogenated alkanes) is 1. The lowest BCUT2D eigenvalue weighted by molar-refractivity contribution is -0.124. The lowest BCUT2D eigenvalue weighted by Gasteiger charge is -2.13. The third kappa shape index (κ3) is 5.66. The highest BCUT2D eigenvalue weighted by atomic mass is 16.2. The highest BCUT2D eigenvalue weighted by Gasteiger charge is 2.13. The van der Waals surface area contributed by atoms with Crippen molar-refractivity contribution in [3.8, 4) is 0 Å².